The molecule has 2 aromatic carbocycles. The minimum Gasteiger partial charge on any atom is -0.483 e. The summed E-state index contributed by atoms with van der Waals surface area (Å²) >= 11 is 0. The van der Waals surface area contributed by atoms with Crippen molar-refractivity contribution in [2.45, 2.75) is 46.7 Å². The molecule has 0 aromatic heterocycles. The van der Waals surface area contributed by atoms with Crippen LogP contribution < -0.4 is 10.1 Å². The van der Waals surface area contributed by atoms with Gasteiger partial charge in [-0.1, -0.05) is 42.8 Å². The molecule has 0 aliphatic carbocycles. The van der Waals surface area contributed by atoms with E-state index in [1.165, 1.54) is 11.0 Å². The van der Waals surface area contributed by atoms with E-state index in [0.29, 0.717) is 17.9 Å². The van der Waals surface area contributed by atoms with Gasteiger partial charge in [0.15, 0.2) is 6.61 Å². The van der Waals surface area contributed by atoms with E-state index in [0.717, 1.165) is 17.5 Å². The fourth-order valence-corrected chi connectivity index (χ4v) is 2.97. The highest BCUT2D eigenvalue weighted by atomic mass is 19.1. The summed E-state index contributed by atoms with van der Waals surface area (Å²) in [7, 11) is 0. The van der Waals surface area contributed by atoms with E-state index in [2.05, 4.69) is 5.32 Å². The number of aryl methyl sites for hydroxylation is 2. The third-order valence-corrected chi connectivity index (χ3v) is 4.70. The number of amides is 2. The third kappa shape index (κ3) is 6.31. The van der Waals surface area contributed by atoms with Crippen LogP contribution in [0.1, 0.15) is 37.0 Å². The van der Waals surface area contributed by atoms with E-state index in [9.17, 15) is 14.0 Å². The Labute approximate surface area is 171 Å². The molecule has 0 aliphatic rings. The Hall–Kier alpha value is -2.89. The highest BCUT2D eigenvalue weighted by Crippen LogP contribution is 2.19. The molecule has 0 spiro atoms. The van der Waals surface area contributed by atoms with Crippen molar-refractivity contribution in [3.05, 3.63) is 65.0 Å². The van der Waals surface area contributed by atoms with Crippen molar-refractivity contribution in [3.63, 3.8) is 0 Å². The number of nitrogens with one attached hydrogen (secondary N) is 1. The number of halogens is 1. The maximum absolute atomic E-state index is 14.2. The van der Waals surface area contributed by atoms with Crippen LogP contribution in [0.25, 0.3) is 0 Å². The van der Waals surface area contributed by atoms with E-state index in [4.69, 9.17) is 4.74 Å². The molecule has 0 radical (unpaired) electrons. The smallest absolute Gasteiger partial charge is 0.261 e. The van der Waals surface area contributed by atoms with E-state index in [-0.39, 0.29) is 25.0 Å². The van der Waals surface area contributed by atoms with E-state index < -0.39 is 11.9 Å². The van der Waals surface area contributed by atoms with Gasteiger partial charge >= 0.3 is 0 Å². The van der Waals surface area contributed by atoms with Gasteiger partial charge in [-0.25, -0.2) is 4.39 Å². The van der Waals surface area contributed by atoms with Gasteiger partial charge in [0.25, 0.3) is 5.91 Å². The predicted molar refractivity (Wildman–Crippen MR) is 111 cm³/mol. The van der Waals surface area contributed by atoms with Crippen LogP contribution >= 0.6 is 0 Å². The number of benzene rings is 2. The lowest BCUT2D eigenvalue weighted by atomic mass is 10.1. The minimum atomic E-state index is -0.753. The summed E-state index contributed by atoms with van der Waals surface area (Å²) in [5.41, 5.74) is 2.37. The second-order valence-corrected chi connectivity index (χ2v) is 7.14. The van der Waals surface area contributed by atoms with Crippen LogP contribution in [0.3, 0.4) is 0 Å². The van der Waals surface area contributed by atoms with Crippen molar-refractivity contribution in [3.8, 4) is 5.75 Å². The van der Waals surface area contributed by atoms with Gasteiger partial charge in [0.05, 0.1) is 0 Å². The molecule has 0 saturated heterocycles. The number of hydrogen-bond donors (Lipinski definition) is 1. The summed E-state index contributed by atoms with van der Waals surface area (Å²) in [5, 5.41) is 2.79. The van der Waals surface area contributed by atoms with Gasteiger partial charge in [-0.05, 0) is 44.9 Å². The van der Waals surface area contributed by atoms with Crippen LogP contribution in [-0.2, 0) is 16.1 Å². The fourth-order valence-electron chi connectivity index (χ4n) is 2.97. The van der Waals surface area contributed by atoms with Gasteiger partial charge in [-0.15, -0.1) is 0 Å². The first-order valence-electron chi connectivity index (χ1n) is 9.84. The Kier molecular flexibility index (Phi) is 8.19. The standard InChI is InChI=1S/C23H29FN2O3/c1-5-12-25-23(28)18(4)26(14-19-8-6-7-9-20(19)24)22(27)15-29-21-11-10-16(2)13-17(21)3/h6-11,13,18H,5,12,14-15H2,1-4H3,(H,25,28). The Morgan fingerprint density at radius 2 is 1.90 bits per heavy atom. The Morgan fingerprint density at radius 3 is 2.55 bits per heavy atom. The third-order valence-electron chi connectivity index (χ3n) is 4.70. The average Bonchev–Trinajstić information content (AvgIpc) is 2.70. The Balaban J connectivity index is 2.17. The molecular formula is C23H29FN2O3. The molecule has 2 amide bonds. The molecule has 5 nitrogen and oxygen atoms in total. The molecule has 0 aliphatic heterocycles. The molecule has 0 bridgehead atoms. The van der Waals surface area contributed by atoms with Crippen molar-refractivity contribution < 1.29 is 18.7 Å². The van der Waals surface area contributed by atoms with Crippen LogP contribution in [-0.4, -0.2) is 35.9 Å². The summed E-state index contributed by atoms with van der Waals surface area (Å²) < 4.78 is 19.8. The number of carbonyl (C=O) groups is 2. The van der Waals surface area contributed by atoms with Crippen molar-refractivity contribution in [2.24, 2.45) is 0 Å². The largest absolute Gasteiger partial charge is 0.483 e. The van der Waals surface area contributed by atoms with Gasteiger partial charge in [0.2, 0.25) is 5.91 Å². The molecule has 156 valence electrons. The first-order chi connectivity index (χ1) is 13.8. The number of hydrogen-bond acceptors (Lipinski definition) is 3. The average molecular weight is 400 g/mol. The lowest BCUT2D eigenvalue weighted by molar-refractivity contribution is -0.142. The van der Waals surface area contributed by atoms with Gasteiger partial charge in [-0.3, -0.25) is 9.59 Å². The second kappa shape index (κ2) is 10.6. The highest BCUT2D eigenvalue weighted by molar-refractivity contribution is 5.87. The molecule has 29 heavy (non-hydrogen) atoms. The SMILES string of the molecule is CCCNC(=O)C(C)N(Cc1ccccc1F)C(=O)COc1ccc(C)cc1C. The first kappa shape index (κ1) is 22.4. The lowest BCUT2D eigenvalue weighted by Gasteiger charge is -2.29. The fraction of sp³-hybridized carbons (Fsp3) is 0.391. The molecule has 6 heteroatoms. The Bertz CT molecular complexity index is 854. The molecule has 2 rings (SSSR count). The molecule has 2 aromatic rings. The van der Waals surface area contributed by atoms with Crippen LogP contribution in [0, 0.1) is 19.7 Å². The second-order valence-electron chi connectivity index (χ2n) is 7.14. The monoisotopic (exact) mass is 400 g/mol. The number of carbonyl (C=O) groups excluding carboxylic acids is 2. The van der Waals surface area contributed by atoms with Gasteiger partial charge in [0, 0.05) is 18.7 Å². The predicted octanol–water partition coefficient (Wildman–Crippen LogP) is 3.76. The normalized spacial score (nSPS) is 11.6. The zero-order chi connectivity index (χ0) is 21.4. The van der Waals surface area contributed by atoms with Crippen LogP contribution in [0.5, 0.6) is 5.75 Å². The van der Waals surface area contributed by atoms with Crippen LogP contribution in [0.4, 0.5) is 4.39 Å². The zero-order valence-corrected chi connectivity index (χ0v) is 17.5. The molecular weight excluding hydrogens is 371 g/mol. The van der Waals surface area contributed by atoms with Crippen molar-refractivity contribution >= 4 is 11.8 Å². The quantitative estimate of drug-likeness (QED) is 0.697. The zero-order valence-electron chi connectivity index (χ0n) is 17.5. The molecule has 0 heterocycles. The molecule has 0 saturated carbocycles. The summed E-state index contributed by atoms with van der Waals surface area (Å²) in [4.78, 5) is 26.7. The van der Waals surface area contributed by atoms with Crippen LogP contribution in [0.2, 0.25) is 0 Å². The van der Waals surface area contributed by atoms with Gasteiger partial charge in [0.1, 0.15) is 17.6 Å². The molecule has 1 N–H and O–H groups in total. The number of ether oxygens (including phenoxy) is 1. The van der Waals surface area contributed by atoms with Gasteiger partial charge < -0.3 is 15.0 Å². The van der Waals surface area contributed by atoms with Crippen molar-refractivity contribution in [2.75, 3.05) is 13.2 Å². The maximum Gasteiger partial charge on any atom is 0.261 e. The molecule has 1 atom stereocenters. The minimum absolute atomic E-state index is 0.0115. The van der Waals surface area contributed by atoms with Gasteiger partial charge in [-0.2, -0.15) is 0 Å². The summed E-state index contributed by atoms with van der Waals surface area (Å²) in [5.74, 6) is -0.463. The van der Waals surface area contributed by atoms with E-state index in [1.807, 2.05) is 39.0 Å². The molecule has 0 fully saturated rings. The summed E-state index contributed by atoms with van der Waals surface area (Å²) in [6.07, 6.45) is 0.787. The van der Waals surface area contributed by atoms with Crippen molar-refractivity contribution in [1.29, 1.82) is 0 Å². The summed E-state index contributed by atoms with van der Waals surface area (Å²) in [6, 6.07) is 11.2. The summed E-state index contributed by atoms with van der Waals surface area (Å²) in [6.45, 7) is 7.75. The topological polar surface area (TPSA) is 58.6 Å². The Morgan fingerprint density at radius 1 is 1.17 bits per heavy atom. The highest BCUT2D eigenvalue weighted by Gasteiger charge is 2.27. The first-order valence-corrected chi connectivity index (χ1v) is 9.84. The van der Waals surface area contributed by atoms with E-state index >= 15 is 0 Å². The lowest BCUT2D eigenvalue weighted by Crippen LogP contribution is -2.49. The number of rotatable bonds is 9. The van der Waals surface area contributed by atoms with E-state index in [1.54, 1.807) is 25.1 Å². The number of nitrogens with zero attached hydrogens (tertiary/aromatic N) is 1. The van der Waals surface area contributed by atoms with Crippen LogP contribution in [0.15, 0.2) is 42.5 Å². The maximum atomic E-state index is 14.2. The van der Waals surface area contributed by atoms with Crippen molar-refractivity contribution in [1.82, 2.24) is 10.2 Å². The molecule has 1 unspecified atom stereocenters.